The molecule has 0 aromatic heterocycles. The molecule has 1 aliphatic heterocycles. The van der Waals surface area contributed by atoms with Crippen LogP contribution in [0.4, 0.5) is 0 Å². The number of hydrogen-bond donors (Lipinski definition) is 2. The molecule has 70 valence electrons. The van der Waals surface area contributed by atoms with Crippen LogP contribution in [0.15, 0.2) is 18.2 Å². The van der Waals surface area contributed by atoms with E-state index >= 15 is 0 Å². The second-order valence-electron chi connectivity index (χ2n) is 3.00. The quantitative estimate of drug-likeness (QED) is 0.525. The topological polar surface area (TPSA) is 56.5 Å². The predicted molar refractivity (Wildman–Crippen MR) is 48.3 cm³/mol. The van der Waals surface area contributed by atoms with E-state index in [-0.39, 0.29) is 6.04 Å². The summed E-state index contributed by atoms with van der Waals surface area (Å²) in [4.78, 5) is 0. The molecular weight excluding hydrogens is 168 g/mol. The van der Waals surface area contributed by atoms with Crippen LogP contribution in [0, 0.1) is 0 Å². The van der Waals surface area contributed by atoms with Gasteiger partial charge in [0.2, 0.25) is 6.79 Å². The van der Waals surface area contributed by atoms with Crippen LogP contribution in [0.25, 0.3) is 0 Å². The van der Waals surface area contributed by atoms with E-state index in [9.17, 15) is 0 Å². The Hall–Kier alpha value is -1.26. The van der Waals surface area contributed by atoms with E-state index in [0.717, 1.165) is 17.1 Å². The second kappa shape index (κ2) is 3.24. The van der Waals surface area contributed by atoms with Crippen LogP contribution in [-0.4, -0.2) is 6.79 Å². The minimum atomic E-state index is 0.120. The van der Waals surface area contributed by atoms with Gasteiger partial charge in [-0.15, -0.1) is 0 Å². The second-order valence-corrected chi connectivity index (χ2v) is 3.00. The lowest BCUT2D eigenvalue weighted by atomic mass is 10.1. The minimum absolute atomic E-state index is 0.120. The van der Waals surface area contributed by atoms with Crippen molar-refractivity contribution in [1.82, 2.24) is 5.43 Å². The van der Waals surface area contributed by atoms with Crippen LogP contribution in [0.2, 0.25) is 0 Å². The van der Waals surface area contributed by atoms with Crippen LogP contribution >= 0.6 is 0 Å². The van der Waals surface area contributed by atoms with Crippen LogP contribution in [0.5, 0.6) is 11.5 Å². The normalized spacial score (nSPS) is 15.8. The summed E-state index contributed by atoms with van der Waals surface area (Å²) in [5.74, 6) is 6.92. The molecular formula is C9H12N2O2. The molecule has 1 atom stereocenters. The van der Waals surface area contributed by atoms with Gasteiger partial charge in [0, 0.05) is 6.04 Å². The number of ether oxygens (including phenoxy) is 2. The molecule has 4 nitrogen and oxygen atoms in total. The lowest BCUT2D eigenvalue weighted by molar-refractivity contribution is 0.174. The van der Waals surface area contributed by atoms with Gasteiger partial charge in [-0.1, -0.05) is 6.07 Å². The van der Waals surface area contributed by atoms with E-state index in [2.05, 4.69) is 5.43 Å². The first-order chi connectivity index (χ1) is 6.31. The molecule has 1 aliphatic rings. The highest BCUT2D eigenvalue weighted by molar-refractivity contribution is 5.45. The average Bonchev–Trinajstić information content (AvgIpc) is 2.63. The molecule has 0 aliphatic carbocycles. The van der Waals surface area contributed by atoms with Crippen LogP contribution in [-0.2, 0) is 0 Å². The molecule has 0 amide bonds. The number of hydrazine groups is 1. The van der Waals surface area contributed by atoms with Crippen molar-refractivity contribution in [2.24, 2.45) is 5.84 Å². The molecule has 1 heterocycles. The highest BCUT2D eigenvalue weighted by Crippen LogP contribution is 2.33. The maximum atomic E-state index is 5.33. The standard InChI is InChI=1S/C9H12N2O2/c1-6(11-10)7-2-3-8-9(4-7)13-5-12-8/h2-4,6,11H,5,10H2,1H3. The lowest BCUT2D eigenvalue weighted by Gasteiger charge is -2.10. The van der Waals surface area contributed by atoms with Crippen molar-refractivity contribution in [3.63, 3.8) is 0 Å². The molecule has 0 fully saturated rings. The monoisotopic (exact) mass is 180 g/mol. The Morgan fingerprint density at radius 2 is 2.15 bits per heavy atom. The highest BCUT2D eigenvalue weighted by atomic mass is 16.7. The Balaban J connectivity index is 2.30. The Labute approximate surface area is 76.6 Å². The van der Waals surface area contributed by atoms with Gasteiger partial charge in [0.15, 0.2) is 11.5 Å². The maximum Gasteiger partial charge on any atom is 0.231 e. The van der Waals surface area contributed by atoms with E-state index in [1.807, 2.05) is 25.1 Å². The summed E-state index contributed by atoms with van der Waals surface area (Å²) in [6, 6.07) is 5.92. The Morgan fingerprint density at radius 3 is 2.92 bits per heavy atom. The number of nitrogens with one attached hydrogen (secondary N) is 1. The van der Waals surface area contributed by atoms with Gasteiger partial charge in [-0.25, -0.2) is 0 Å². The van der Waals surface area contributed by atoms with Crippen molar-refractivity contribution in [1.29, 1.82) is 0 Å². The molecule has 1 aromatic carbocycles. The van der Waals surface area contributed by atoms with E-state index in [1.54, 1.807) is 0 Å². The van der Waals surface area contributed by atoms with Gasteiger partial charge >= 0.3 is 0 Å². The minimum Gasteiger partial charge on any atom is -0.454 e. The van der Waals surface area contributed by atoms with Crippen LogP contribution in [0.1, 0.15) is 18.5 Å². The van der Waals surface area contributed by atoms with Crippen molar-refractivity contribution in [3.05, 3.63) is 23.8 Å². The van der Waals surface area contributed by atoms with Gasteiger partial charge in [0.25, 0.3) is 0 Å². The molecule has 0 saturated carbocycles. The summed E-state index contributed by atoms with van der Waals surface area (Å²) < 4.78 is 10.4. The maximum absolute atomic E-state index is 5.33. The van der Waals surface area contributed by atoms with Crippen LogP contribution in [0.3, 0.4) is 0 Å². The van der Waals surface area contributed by atoms with E-state index < -0.39 is 0 Å². The van der Waals surface area contributed by atoms with Crippen molar-refractivity contribution in [2.75, 3.05) is 6.79 Å². The number of nitrogens with two attached hydrogens (primary N) is 1. The molecule has 0 spiro atoms. The molecule has 0 radical (unpaired) electrons. The molecule has 1 aromatic rings. The molecule has 0 bridgehead atoms. The fraction of sp³-hybridized carbons (Fsp3) is 0.333. The van der Waals surface area contributed by atoms with E-state index in [0.29, 0.717) is 6.79 Å². The summed E-state index contributed by atoms with van der Waals surface area (Å²) in [5, 5.41) is 0. The summed E-state index contributed by atoms with van der Waals surface area (Å²) in [6.07, 6.45) is 0. The first-order valence-corrected chi connectivity index (χ1v) is 4.17. The Bertz CT molecular complexity index is 314. The number of fused-ring (bicyclic) bond motifs is 1. The van der Waals surface area contributed by atoms with Gasteiger partial charge in [0.05, 0.1) is 0 Å². The van der Waals surface area contributed by atoms with Gasteiger partial charge in [-0.2, -0.15) is 0 Å². The number of hydrogen-bond acceptors (Lipinski definition) is 4. The summed E-state index contributed by atoms with van der Waals surface area (Å²) in [5.41, 5.74) is 3.77. The zero-order chi connectivity index (χ0) is 9.26. The van der Waals surface area contributed by atoms with Crippen molar-refractivity contribution < 1.29 is 9.47 Å². The molecule has 1 unspecified atom stereocenters. The van der Waals surface area contributed by atoms with Crippen LogP contribution < -0.4 is 20.7 Å². The third-order valence-electron chi connectivity index (χ3n) is 2.15. The van der Waals surface area contributed by atoms with E-state index in [1.165, 1.54) is 0 Å². The summed E-state index contributed by atoms with van der Waals surface area (Å²) in [6.45, 7) is 2.29. The van der Waals surface area contributed by atoms with Gasteiger partial charge < -0.3 is 9.47 Å². The fourth-order valence-corrected chi connectivity index (χ4v) is 1.28. The Morgan fingerprint density at radius 1 is 1.38 bits per heavy atom. The third kappa shape index (κ3) is 1.46. The zero-order valence-corrected chi connectivity index (χ0v) is 7.41. The largest absolute Gasteiger partial charge is 0.454 e. The van der Waals surface area contributed by atoms with Crippen molar-refractivity contribution >= 4 is 0 Å². The van der Waals surface area contributed by atoms with Crippen molar-refractivity contribution in [3.8, 4) is 11.5 Å². The fourth-order valence-electron chi connectivity index (χ4n) is 1.28. The first kappa shape index (κ1) is 8.34. The smallest absolute Gasteiger partial charge is 0.231 e. The molecule has 2 rings (SSSR count). The number of benzene rings is 1. The molecule has 0 saturated heterocycles. The van der Waals surface area contributed by atoms with Gasteiger partial charge in [-0.05, 0) is 24.6 Å². The SMILES string of the molecule is CC(NN)c1ccc2c(c1)OCO2. The summed E-state index contributed by atoms with van der Waals surface area (Å²) in [7, 11) is 0. The average molecular weight is 180 g/mol. The van der Waals surface area contributed by atoms with E-state index in [4.69, 9.17) is 15.3 Å². The Kier molecular flexibility index (Phi) is 2.08. The predicted octanol–water partition coefficient (Wildman–Crippen LogP) is 0.940. The number of rotatable bonds is 2. The van der Waals surface area contributed by atoms with Gasteiger partial charge in [-0.3, -0.25) is 11.3 Å². The molecule has 3 N–H and O–H groups in total. The highest BCUT2D eigenvalue weighted by Gasteiger charge is 2.14. The third-order valence-corrected chi connectivity index (χ3v) is 2.15. The first-order valence-electron chi connectivity index (χ1n) is 4.17. The van der Waals surface area contributed by atoms with Gasteiger partial charge in [0.1, 0.15) is 0 Å². The lowest BCUT2D eigenvalue weighted by Crippen LogP contribution is -2.25. The zero-order valence-electron chi connectivity index (χ0n) is 7.41. The van der Waals surface area contributed by atoms with Crippen molar-refractivity contribution in [2.45, 2.75) is 13.0 Å². The summed E-state index contributed by atoms with van der Waals surface area (Å²) >= 11 is 0. The molecule has 13 heavy (non-hydrogen) atoms. The molecule has 4 heteroatoms.